The number of carboxylic acids is 1. The fourth-order valence-electron chi connectivity index (χ4n) is 1.70. The normalized spacial score (nSPS) is 11.9. The Morgan fingerprint density at radius 2 is 2.16 bits per heavy atom. The van der Waals surface area contributed by atoms with Crippen LogP contribution in [0.2, 0.25) is 0 Å². The minimum atomic E-state index is -0.988. The molecule has 19 heavy (non-hydrogen) atoms. The fourth-order valence-corrected chi connectivity index (χ4v) is 2.46. The Morgan fingerprint density at radius 1 is 1.47 bits per heavy atom. The number of carbonyl (C=O) groups excluding carboxylic acids is 1. The van der Waals surface area contributed by atoms with Gasteiger partial charge in [-0.05, 0) is 24.8 Å². The van der Waals surface area contributed by atoms with Crippen LogP contribution in [-0.2, 0) is 11.3 Å². The Labute approximate surface area is 117 Å². The highest BCUT2D eigenvalue weighted by atomic mass is 32.1. The molecule has 0 aliphatic heterocycles. The van der Waals surface area contributed by atoms with Gasteiger partial charge in [-0.1, -0.05) is 13.0 Å². The number of aliphatic carboxylic acids is 1. The molecule has 5 nitrogen and oxygen atoms in total. The van der Waals surface area contributed by atoms with Crippen molar-refractivity contribution >= 4 is 23.3 Å². The zero-order valence-corrected chi connectivity index (χ0v) is 12.3. The van der Waals surface area contributed by atoms with Gasteiger partial charge in [0.05, 0.1) is 6.54 Å². The van der Waals surface area contributed by atoms with Crippen LogP contribution in [-0.4, -0.2) is 46.5 Å². The van der Waals surface area contributed by atoms with Crippen LogP contribution in [0.25, 0.3) is 0 Å². The zero-order chi connectivity index (χ0) is 14.4. The molecule has 1 heterocycles. The molecule has 0 fully saturated rings. The van der Waals surface area contributed by atoms with E-state index in [1.54, 1.807) is 23.3 Å². The maximum absolute atomic E-state index is 12.3. The molecule has 2 amide bonds. The third-order valence-electron chi connectivity index (χ3n) is 2.97. The number of urea groups is 1. The average Bonchev–Trinajstić information content (AvgIpc) is 2.86. The van der Waals surface area contributed by atoms with Crippen molar-refractivity contribution in [3.8, 4) is 0 Å². The fraction of sp³-hybridized carbons (Fsp3) is 0.538. The number of carboxylic acid groups (broad SMARTS) is 1. The molecule has 0 spiro atoms. The summed E-state index contributed by atoms with van der Waals surface area (Å²) in [5.41, 5.74) is 0. The van der Waals surface area contributed by atoms with E-state index < -0.39 is 5.97 Å². The maximum Gasteiger partial charge on any atom is 0.323 e. The Kier molecular flexibility index (Phi) is 5.82. The highest BCUT2D eigenvalue weighted by Gasteiger charge is 2.24. The van der Waals surface area contributed by atoms with E-state index in [0.29, 0.717) is 6.54 Å². The summed E-state index contributed by atoms with van der Waals surface area (Å²) in [7, 11) is 1.69. The van der Waals surface area contributed by atoms with Gasteiger partial charge in [0.25, 0.3) is 0 Å². The van der Waals surface area contributed by atoms with Gasteiger partial charge in [0, 0.05) is 18.0 Å². The summed E-state index contributed by atoms with van der Waals surface area (Å²) in [5, 5.41) is 10.9. The second-order valence-electron chi connectivity index (χ2n) is 4.50. The van der Waals surface area contributed by atoms with Gasteiger partial charge in [-0.3, -0.25) is 4.79 Å². The van der Waals surface area contributed by atoms with E-state index in [1.165, 1.54) is 4.90 Å². The second kappa shape index (κ2) is 7.13. The standard InChI is InChI=1S/C13H20N2O3S/c1-4-10(2)15(9-12(16)17)13(18)14(3)8-11-6-5-7-19-11/h5-7,10H,4,8-9H2,1-3H3,(H,16,17). The van der Waals surface area contributed by atoms with Crippen LogP contribution < -0.4 is 0 Å². The first-order chi connectivity index (χ1) is 8.95. The molecule has 6 heteroatoms. The summed E-state index contributed by atoms with van der Waals surface area (Å²) in [5.74, 6) is -0.988. The van der Waals surface area contributed by atoms with Crippen LogP contribution in [0, 0.1) is 0 Å². The Bertz CT molecular complexity index is 420. The lowest BCUT2D eigenvalue weighted by Crippen LogP contribution is -2.47. The molecule has 1 N–H and O–H groups in total. The summed E-state index contributed by atoms with van der Waals surface area (Å²) in [6.07, 6.45) is 0.728. The first-order valence-corrected chi connectivity index (χ1v) is 7.09. The molecule has 0 aromatic carbocycles. The van der Waals surface area contributed by atoms with Crippen LogP contribution in [0.1, 0.15) is 25.1 Å². The number of carbonyl (C=O) groups is 2. The molecule has 1 rings (SSSR count). The maximum atomic E-state index is 12.3. The van der Waals surface area contributed by atoms with Crippen molar-refractivity contribution in [2.75, 3.05) is 13.6 Å². The van der Waals surface area contributed by atoms with Gasteiger partial charge in [-0.15, -0.1) is 11.3 Å². The van der Waals surface area contributed by atoms with Gasteiger partial charge < -0.3 is 14.9 Å². The van der Waals surface area contributed by atoms with E-state index in [1.807, 2.05) is 31.4 Å². The summed E-state index contributed by atoms with van der Waals surface area (Å²) in [6.45, 7) is 4.04. The molecule has 0 bridgehead atoms. The predicted octanol–water partition coefficient (Wildman–Crippen LogP) is 2.49. The minimum Gasteiger partial charge on any atom is -0.480 e. The Hall–Kier alpha value is -1.56. The van der Waals surface area contributed by atoms with Crippen molar-refractivity contribution < 1.29 is 14.7 Å². The van der Waals surface area contributed by atoms with Crippen LogP contribution in [0.4, 0.5) is 4.79 Å². The topological polar surface area (TPSA) is 60.9 Å². The number of thiophene rings is 1. The molecule has 1 aromatic rings. The van der Waals surface area contributed by atoms with E-state index in [-0.39, 0.29) is 18.6 Å². The average molecular weight is 284 g/mol. The molecular formula is C13H20N2O3S. The van der Waals surface area contributed by atoms with Crippen molar-refractivity contribution in [2.24, 2.45) is 0 Å². The number of nitrogens with zero attached hydrogens (tertiary/aromatic N) is 2. The van der Waals surface area contributed by atoms with Crippen molar-refractivity contribution in [3.63, 3.8) is 0 Å². The zero-order valence-electron chi connectivity index (χ0n) is 11.5. The lowest BCUT2D eigenvalue weighted by atomic mass is 10.2. The summed E-state index contributed by atoms with van der Waals surface area (Å²) in [6, 6.07) is 3.56. The molecule has 0 aliphatic carbocycles. The molecule has 1 atom stereocenters. The lowest BCUT2D eigenvalue weighted by Gasteiger charge is -2.31. The summed E-state index contributed by atoms with van der Waals surface area (Å²) >= 11 is 1.58. The number of hydrogen-bond acceptors (Lipinski definition) is 3. The van der Waals surface area contributed by atoms with E-state index in [0.717, 1.165) is 11.3 Å². The minimum absolute atomic E-state index is 0.0885. The van der Waals surface area contributed by atoms with Gasteiger partial charge >= 0.3 is 12.0 Å². The summed E-state index contributed by atoms with van der Waals surface area (Å²) < 4.78 is 0. The summed E-state index contributed by atoms with van der Waals surface area (Å²) in [4.78, 5) is 27.2. The van der Waals surface area contributed by atoms with Crippen molar-refractivity contribution in [2.45, 2.75) is 32.9 Å². The monoisotopic (exact) mass is 284 g/mol. The highest BCUT2D eigenvalue weighted by Crippen LogP contribution is 2.13. The smallest absolute Gasteiger partial charge is 0.323 e. The molecule has 0 radical (unpaired) electrons. The number of rotatable bonds is 6. The van der Waals surface area contributed by atoms with E-state index in [4.69, 9.17) is 5.11 Å². The molecule has 106 valence electrons. The lowest BCUT2D eigenvalue weighted by molar-refractivity contribution is -0.138. The quantitative estimate of drug-likeness (QED) is 0.873. The Balaban J connectivity index is 2.71. The van der Waals surface area contributed by atoms with Crippen molar-refractivity contribution in [1.82, 2.24) is 9.80 Å². The number of amides is 2. The molecule has 1 unspecified atom stereocenters. The largest absolute Gasteiger partial charge is 0.480 e. The van der Waals surface area contributed by atoms with E-state index in [2.05, 4.69) is 0 Å². The molecule has 0 saturated heterocycles. The molecule has 0 aliphatic rings. The van der Waals surface area contributed by atoms with Crippen molar-refractivity contribution in [3.05, 3.63) is 22.4 Å². The van der Waals surface area contributed by atoms with Crippen LogP contribution >= 0.6 is 11.3 Å². The SMILES string of the molecule is CCC(C)N(CC(=O)O)C(=O)N(C)Cc1cccs1. The second-order valence-corrected chi connectivity index (χ2v) is 5.53. The van der Waals surface area contributed by atoms with Gasteiger partial charge in [-0.2, -0.15) is 0 Å². The third kappa shape index (κ3) is 4.55. The van der Waals surface area contributed by atoms with Gasteiger partial charge in [0.1, 0.15) is 6.54 Å². The molecule has 1 aromatic heterocycles. The van der Waals surface area contributed by atoms with Gasteiger partial charge in [0.15, 0.2) is 0 Å². The predicted molar refractivity (Wildman–Crippen MR) is 75.3 cm³/mol. The molecule has 0 saturated carbocycles. The van der Waals surface area contributed by atoms with E-state index >= 15 is 0 Å². The van der Waals surface area contributed by atoms with Crippen LogP contribution in [0.15, 0.2) is 17.5 Å². The number of hydrogen-bond donors (Lipinski definition) is 1. The Morgan fingerprint density at radius 3 is 2.63 bits per heavy atom. The first-order valence-electron chi connectivity index (χ1n) is 6.21. The first kappa shape index (κ1) is 15.5. The third-order valence-corrected chi connectivity index (χ3v) is 3.83. The van der Waals surface area contributed by atoms with Gasteiger partial charge in [0.2, 0.25) is 0 Å². The van der Waals surface area contributed by atoms with Crippen molar-refractivity contribution in [1.29, 1.82) is 0 Å². The molecular weight excluding hydrogens is 264 g/mol. The van der Waals surface area contributed by atoms with E-state index in [9.17, 15) is 9.59 Å². The van der Waals surface area contributed by atoms with Crippen LogP contribution in [0.3, 0.4) is 0 Å². The van der Waals surface area contributed by atoms with Crippen LogP contribution in [0.5, 0.6) is 0 Å². The van der Waals surface area contributed by atoms with Gasteiger partial charge in [-0.25, -0.2) is 4.79 Å². The highest BCUT2D eigenvalue weighted by molar-refractivity contribution is 7.09.